The monoisotopic (exact) mass is 774 g/mol. The topological polar surface area (TPSA) is 227 Å². The van der Waals surface area contributed by atoms with Crippen LogP contribution in [0.15, 0.2) is 78.9 Å². The summed E-state index contributed by atoms with van der Waals surface area (Å²) in [6, 6.07) is 18.5. The number of ether oxygens (including phenoxy) is 4. The molecule has 14 heteroatoms. The Morgan fingerprint density at radius 3 is 2.36 bits per heavy atom. The summed E-state index contributed by atoms with van der Waals surface area (Å²) in [5, 5.41) is 55.3. The number of fused-ring (bicyclic) bond motifs is 1. The molecule has 0 bridgehead atoms. The van der Waals surface area contributed by atoms with Gasteiger partial charge in [0.15, 0.2) is 40.2 Å². The second-order valence-electron chi connectivity index (χ2n) is 14.3. The van der Waals surface area contributed by atoms with E-state index in [1.807, 2.05) is 30.3 Å². The molecule has 5 rings (SSSR count). The summed E-state index contributed by atoms with van der Waals surface area (Å²) in [4.78, 5) is 40.1. The van der Waals surface area contributed by atoms with E-state index in [0.29, 0.717) is 24.0 Å². The van der Waals surface area contributed by atoms with Gasteiger partial charge in [0.2, 0.25) is 0 Å². The molecule has 2 aliphatic rings. The molecule has 1 saturated heterocycles. The third kappa shape index (κ3) is 10.6. The van der Waals surface area contributed by atoms with Crippen LogP contribution in [-0.4, -0.2) is 113 Å². The highest BCUT2D eigenvalue weighted by atomic mass is 16.6. The summed E-state index contributed by atoms with van der Waals surface area (Å²) in [5.41, 5.74) is 3.75. The lowest BCUT2D eigenvalue weighted by Gasteiger charge is -2.53. The molecule has 3 aromatic carbocycles. The van der Waals surface area contributed by atoms with Gasteiger partial charge < -0.3 is 55.5 Å². The Bertz CT molecular complexity index is 1880. The number of nitrogens with one attached hydrogen (secondary N) is 1. The van der Waals surface area contributed by atoms with Gasteiger partial charge in [0.25, 0.3) is 0 Å². The lowest BCUT2D eigenvalue weighted by atomic mass is 9.70. The number of aliphatic hydroxyl groups is 1. The maximum Gasteiger partial charge on any atom is 0.336 e. The van der Waals surface area contributed by atoms with Crippen molar-refractivity contribution < 1.29 is 58.9 Å². The number of phenolic OH excluding ortho intramolecular Hbond substituents is 3. The zero-order valence-corrected chi connectivity index (χ0v) is 31.2. The van der Waals surface area contributed by atoms with Crippen LogP contribution in [0.3, 0.4) is 0 Å². The molecule has 8 N–H and O–H groups in total. The summed E-state index contributed by atoms with van der Waals surface area (Å²) >= 11 is 0. The molecule has 0 radical (unpaired) electrons. The lowest BCUT2D eigenvalue weighted by molar-refractivity contribution is -0.268. The van der Waals surface area contributed by atoms with Gasteiger partial charge in [0.1, 0.15) is 31.0 Å². The minimum absolute atomic E-state index is 0.0382. The van der Waals surface area contributed by atoms with Crippen LogP contribution in [0, 0.1) is 5.92 Å². The van der Waals surface area contributed by atoms with Crippen molar-refractivity contribution in [1.82, 2.24) is 5.32 Å². The highest BCUT2D eigenvalue weighted by Gasteiger charge is 2.61. The Kier molecular flexibility index (Phi) is 14.4. The number of aliphatic carboxylic acids is 1. The zero-order chi connectivity index (χ0) is 40.3. The molecule has 1 aliphatic carbocycles. The van der Waals surface area contributed by atoms with Gasteiger partial charge in [0, 0.05) is 25.9 Å². The van der Waals surface area contributed by atoms with Gasteiger partial charge in [-0.3, -0.25) is 9.59 Å². The van der Waals surface area contributed by atoms with Gasteiger partial charge in [-0.2, -0.15) is 0 Å². The van der Waals surface area contributed by atoms with E-state index < -0.39 is 60.1 Å². The highest BCUT2D eigenvalue weighted by molar-refractivity contribution is 5.97. The van der Waals surface area contributed by atoms with E-state index in [4.69, 9.17) is 24.7 Å². The van der Waals surface area contributed by atoms with E-state index in [9.17, 15) is 39.9 Å². The van der Waals surface area contributed by atoms with Crippen molar-refractivity contribution in [3.8, 4) is 23.0 Å². The molecule has 14 nitrogen and oxygen atoms in total. The first-order valence-electron chi connectivity index (χ1n) is 18.5. The second kappa shape index (κ2) is 19.2. The minimum atomic E-state index is -2.11. The first kappa shape index (κ1) is 42.1. The van der Waals surface area contributed by atoms with E-state index >= 15 is 0 Å². The second-order valence-corrected chi connectivity index (χ2v) is 14.3. The number of nitrogens with two attached hydrogens (primary N) is 1. The average molecular weight is 775 g/mol. The standard InChI is InChI=1S/C42H50N2O12/c1-44-26-42-25-41(40(51)52,55-24-31(45)13-9-28-12-16-37(35(49)20-28)53-18-17-43)22-36(50)39(42)54-23-30(8-7-27-5-3-2-4-6-27)21-38(56-42)33(47)15-11-29-10-14-32(46)34(48)19-29/h2-6,9-16,19-20,30,36,38-39,44,46,48-50H,7-8,17-18,21-26,43H2,1H3,(H,51,52)/t30-,36+,38-,39+,41-,42-/m0/s1. The van der Waals surface area contributed by atoms with Gasteiger partial charge in [-0.15, -0.1) is 0 Å². The Morgan fingerprint density at radius 1 is 0.964 bits per heavy atom. The van der Waals surface area contributed by atoms with Crippen molar-refractivity contribution in [2.45, 2.75) is 61.6 Å². The van der Waals surface area contributed by atoms with E-state index in [1.165, 1.54) is 54.6 Å². The molecule has 1 heterocycles. The number of carbonyl (C=O) groups is 3. The van der Waals surface area contributed by atoms with E-state index in [-0.39, 0.29) is 68.1 Å². The van der Waals surface area contributed by atoms with Crippen molar-refractivity contribution in [3.05, 3.63) is 95.6 Å². The van der Waals surface area contributed by atoms with Crippen LogP contribution in [0.4, 0.5) is 0 Å². The van der Waals surface area contributed by atoms with Gasteiger partial charge in [-0.05, 0) is 85.3 Å². The fourth-order valence-corrected chi connectivity index (χ4v) is 7.30. The SMILES string of the molecule is CNC[C@@]12C[C@](OCC(=O)C=Cc3ccc(OCCN)c(O)c3)(C(=O)O)C[C@@H](O)[C@H]1OC[C@@H](CCc1ccccc1)C[C@@H](C(=O)C=Cc1ccc(O)c(O)c1)O2. The van der Waals surface area contributed by atoms with Gasteiger partial charge in [0.05, 0.1) is 12.7 Å². The number of benzene rings is 3. The predicted molar refractivity (Wildman–Crippen MR) is 206 cm³/mol. The van der Waals surface area contributed by atoms with E-state index in [2.05, 4.69) is 5.32 Å². The number of aromatic hydroxyl groups is 3. The third-order valence-electron chi connectivity index (χ3n) is 10.0. The van der Waals surface area contributed by atoms with Crippen molar-refractivity contribution in [2.75, 3.05) is 40.0 Å². The van der Waals surface area contributed by atoms with Gasteiger partial charge >= 0.3 is 5.97 Å². The number of hydrogen-bond donors (Lipinski definition) is 7. The fourth-order valence-electron chi connectivity index (χ4n) is 7.30. The number of rotatable bonds is 17. The molecule has 0 amide bonds. The maximum atomic E-state index is 14.0. The Morgan fingerprint density at radius 2 is 1.68 bits per heavy atom. The van der Waals surface area contributed by atoms with Crippen molar-refractivity contribution in [2.24, 2.45) is 11.7 Å². The molecule has 0 spiro atoms. The van der Waals surface area contributed by atoms with Crippen LogP contribution in [0.1, 0.15) is 42.4 Å². The largest absolute Gasteiger partial charge is 0.504 e. The molecule has 56 heavy (non-hydrogen) atoms. The number of carboxylic acids is 1. The molecule has 0 unspecified atom stereocenters. The van der Waals surface area contributed by atoms with Crippen LogP contribution >= 0.6 is 0 Å². The van der Waals surface area contributed by atoms with Gasteiger partial charge in [-0.1, -0.05) is 54.6 Å². The molecule has 300 valence electrons. The van der Waals surface area contributed by atoms with Crippen LogP contribution < -0.4 is 15.8 Å². The third-order valence-corrected chi connectivity index (χ3v) is 10.0. The van der Waals surface area contributed by atoms with E-state index in [1.54, 1.807) is 13.1 Å². The van der Waals surface area contributed by atoms with Crippen LogP contribution in [0.25, 0.3) is 12.2 Å². The van der Waals surface area contributed by atoms with Crippen molar-refractivity contribution in [3.63, 3.8) is 0 Å². The minimum Gasteiger partial charge on any atom is -0.504 e. The lowest BCUT2D eigenvalue weighted by Crippen LogP contribution is -2.69. The number of likely N-dealkylation sites (N-methyl/N-ethyl adjacent to an activating group) is 1. The first-order chi connectivity index (χ1) is 26.9. The molecular weight excluding hydrogens is 724 g/mol. The summed E-state index contributed by atoms with van der Waals surface area (Å²) < 4.78 is 24.4. The number of ketones is 2. The smallest absolute Gasteiger partial charge is 0.336 e. The molecule has 1 aliphatic heterocycles. The Balaban J connectivity index is 1.39. The van der Waals surface area contributed by atoms with E-state index in [0.717, 1.165) is 5.56 Å². The molecule has 3 aromatic rings. The average Bonchev–Trinajstić information content (AvgIpc) is 3.17. The van der Waals surface area contributed by atoms with Crippen LogP contribution in [0.2, 0.25) is 0 Å². The molecule has 6 atom stereocenters. The maximum absolute atomic E-state index is 14.0. The normalized spacial score (nSPS) is 25.3. The summed E-state index contributed by atoms with van der Waals surface area (Å²) in [6.07, 6.45) is 2.55. The van der Waals surface area contributed by atoms with Crippen LogP contribution in [-0.2, 0) is 35.0 Å². The number of phenols is 3. The highest BCUT2D eigenvalue weighted by Crippen LogP contribution is 2.45. The predicted octanol–water partition coefficient (Wildman–Crippen LogP) is 3.38. The van der Waals surface area contributed by atoms with Crippen molar-refractivity contribution >= 4 is 29.7 Å². The summed E-state index contributed by atoms with van der Waals surface area (Å²) in [7, 11) is 1.62. The number of hydrogen-bond acceptors (Lipinski definition) is 13. The zero-order valence-electron chi connectivity index (χ0n) is 31.2. The molecule has 2 fully saturated rings. The number of aryl methyl sites for hydroxylation is 1. The Labute approximate surface area is 325 Å². The fraction of sp³-hybridized carbons (Fsp3) is 0.405. The summed E-state index contributed by atoms with van der Waals surface area (Å²) in [6.45, 7) is -0.0675. The molecular formula is C42H50N2O12. The first-order valence-corrected chi connectivity index (χ1v) is 18.5. The number of carboxylic acid groups (broad SMARTS) is 1. The molecule has 1 saturated carbocycles. The molecule has 0 aromatic heterocycles. The van der Waals surface area contributed by atoms with Crippen LogP contribution in [0.5, 0.6) is 23.0 Å². The van der Waals surface area contributed by atoms with Crippen molar-refractivity contribution in [1.29, 1.82) is 0 Å². The van der Waals surface area contributed by atoms with Gasteiger partial charge in [-0.25, -0.2) is 4.79 Å². The number of carbonyl (C=O) groups excluding carboxylic acids is 2. The quantitative estimate of drug-likeness (QED) is 0.0771. The Hall–Kier alpha value is -5.09. The summed E-state index contributed by atoms with van der Waals surface area (Å²) in [5.74, 6) is -3.21. The number of aliphatic hydroxyl groups excluding tert-OH is 1.